The molecular weight excluding hydrogens is 571 g/mol. The minimum absolute atomic E-state index is 1.15. The quantitative estimate of drug-likeness (QED) is 0.0603. The molecule has 0 aliphatic heterocycles. The highest BCUT2D eigenvalue weighted by Gasteiger charge is 2.08. The van der Waals surface area contributed by atoms with Gasteiger partial charge in [0.15, 0.2) is 0 Å². The van der Waals surface area contributed by atoms with Crippen LogP contribution in [0, 0.1) is 0 Å². The Morgan fingerprint density at radius 2 is 0.468 bits per heavy atom. The largest absolute Gasteiger partial charge is 0.305 e. The van der Waals surface area contributed by atoms with Crippen LogP contribution in [0.15, 0.2) is 0 Å². The molecule has 0 unspecified atom stereocenters. The van der Waals surface area contributed by atoms with Crippen molar-refractivity contribution in [2.24, 2.45) is 0 Å². The minimum atomic E-state index is 1.15. The third-order valence-electron chi connectivity index (χ3n) is 10.9. The highest BCUT2D eigenvalue weighted by atomic mass is 15.2. The van der Waals surface area contributed by atoms with Crippen molar-refractivity contribution in [2.75, 3.05) is 59.9 Å². The summed E-state index contributed by atoms with van der Waals surface area (Å²) in [5.41, 5.74) is 0. The van der Waals surface area contributed by atoms with Crippen molar-refractivity contribution in [3.8, 4) is 0 Å². The predicted molar refractivity (Wildman–Crippen MR) is 216 cm³/mol. The average molecular weight is 664 g/mol. The second kappa shape index (κ2) is 40.3. The zero-order valence-electron chi connectivity index (χ0n) is 33.9. The molecule has 0 N–H and O–H groups in total. The normalized spacial score (nSPS) is 12.0. The molecular formula is C44H93N3. The summed E-state index contributed by atoms with van der Waals surface area (Å²) in [5.74, 6) is 0. The Hall–Kier alpha value is -0.120. The molecule has 0 aromatic carbocycles. The van der Waals surface area contributed by atoms with E-state index in [1.807, 2.05) is 0 Å². The molecule has 0 aromatic heterocycles. The van der Waals surface area contributed by atoms with E-state index in [9.17, 15) is 0 Å². The van der Waals surface area contributed by atoms with Gasteiger partial charge in [0.1, 0.15) is 0 Å². The molecule has 47 heavy (non-hydrogen) atoms. The zero-order valence-corrected chi connectivity index (χ0v) is 33.9. The lowest BCUT2D eigenvalue weighted by molar-refractivity contribution is 0.204. The van der Waals surface area contributed by atoms with Crippen molar-refractivity contribution in [1.29, 1.82) is 0 Å². The SMILES string of the molecule is CCCCCCCCCCCCCCCCCCN(CCCCCCCCCCCCCCCCCC)CCN(C)CCN(C)CC. The molecule has 0 atom stereocenters. The Balaban J connectivity index is 3.90. The van der Waals surface area contributed by atoms with Gasteiger partial charge in [-0.25, -0.2) is 0 Å². The van der Waals surface area contributed by atoms with Crippen LogP contribution >= 0.6 is 0 Å². The lowest BCUT2D eigenvalue weighted by Gasteiger charge is -2.26. The molecule has 0 aliphatic rings. The monoisotopic (exact) mass is 664 g/mol. The van der Waals surface area contributed by atoms with Gasteiger partial charge in [-0.1, -0.05) is 213 Å². The van der Waals surface area contributed by atoms with E-state index in [2.05, 4.69) is 49.6 Å². The van der Waals surface area contributed by atoms with E-state index >= 15 is 0 Å². The highest BCUT2D eigenvalue weighted by Crippen LogP contribution is 2.16. The molecule has 3 heteroatoms. The van der Waals surface area contributed by atoms with Crippen molar-refractivity contribution in [3.05, 3.63) is 0 Å². The number of unbranched alkanes of at least 4 members (excludes halogenated alkanes) is 30. The van der Waals surface area contributed by atoms with E-state index in [1.165, 1.54) is 245 Å². The van der Waals surface area contributed by atoms with E-state index < -0.39 is 0 Å². The Labute approximate surface area is 300 Å². The Kier molecular flexibility index (Phi) is 40.2. The maximum absolute atomic E-state index is 2.81. The third kappa shape index (κ3) is 38.5. The molecule has 0 saturated carbocycles. The summed E-state index contributed by atoms with van der Waals surface area (Å²) in [6.45, 7) is 15.5. The minimum Gasteiger partial charge on any atom is -0.305 e. The summed E-state index contributed by atoms with van der Waals surface area (Å²) in [7, 11) is 4.57. The molecule has 284 valence electrons. The molecule has 0 amide bonds. The number of nitrogens with zero attached hydrogens (tertiary/aromatic N) is 3. The Bertz CT molecular complexity index is 516. The van der Waals surface area contributed by atoms with Gasteiger partial charge in [0.25, 0.3) is 0 Å². The zero-order chi connectivity index (χ0) is 34.3. The van der Waals surface area contributed by atoms with Crippen molar-refractivity contribution < 1.29 is 0 Å². The first-order valence-electron chi connectivity index (χ1n) is 22.2. The number of hydrogen-bond acceptors (Lipinski definition) is 3. The summed E-state index contributed by atoms with van der Waals surface area (Å²) in [5, 5.41) is 0. The molecule has 0 aromatic rings. The Morgan fingerprint density at radius 1 is 0.234 bits per heavy atom. The van der Waals surface area contributed by atoms with Gasteiger partial charge in [-0.3, -0.25) is 0 Å². The van der Waals surface area contributed by atoms with Gasteiger partial charge in [0, 0.05) is 26.2 Å². The van der Waals surface area contributed by atoms with E-state index in [-0.39, 0.29) is 0 Å². The first-order valence-corrected chi connectivity index (χ1v) is 22.2. The van der Waals surface area contributed by atoms with E-state index in [1.54, 1.807) is 0 Å². The van der Waals surface area contributed by atoms with Crippen molar-refractivity contribution in [1.82, 2.24) is 14.7 Å². The maximum Gasteiger partial charge on any atom is 0.0109 e. The van der Waals surface area contributed by atoms with Crippen LogP contribution in [0.5, 0.6) is 0 Å². The molecule has 0 rings (SSSR count). The molecule has 0 fully saturated rings. The van der Waals surface area contributed by atoms with Gasteiger partial charge in [0.2, 0.25) is 0 Å². The van der Waals surface area contributed by atoms with Crippen LogP contribution in [0.3, 0.4) is 0 Å². The molecule has 0 aliphatic carbocycles. The topological polar surface area (TPSA) is 9.72 Å². The predicted octanol–water partition coefficient (Wildman–Crippen LogP) is 13.7. The van der Waals surface area contributed by atoms with E-state index in [0.29, 0.717) is 0 Å². The first kappa shape index (κ1) is 46.9. The molecule has 0 bridgehead atoms. The molecule has 0 saturated heterocycles. The molecule has 0 heterocycles. The fourth-order valence-corrected chi connectivity index (χ4v) is 7.03. The fraction of sp³-hybridized carbons (Fsp3) is 1.00. The van der Waals surface area contributed by atoms with Gasteiger partial charge in [0.05, 0.1) is 0 Å². The number of likely N-dealkylation sites (N-methyl/N-ethyl adjacent to an activating group) is 2. The van der Waals surface area contributed by atoms with Gasteiger partial charge in [-0.15, -0.1) is 0 Å². The van der Waals surface area contributed by atoms with Crippen LogP contribution in [-0.4, -0.2) is 74.6 Å². The Morgan fingerprint density at radius 3 is 0.745 bits per heavy atom. The summed E-state index contributed by atoms with van der Waals surface area (Å²) >= 11 is 0. The molecule has 0 spiro atoms. The van der Waals surface area contributed by atoms with Crippen LogP contribution in [0.4, 0.5) is 0 Å². The van der Waals surface area contributed by atoms with Crippen molar-refractivity contribution in [2.45, 2.75) is 226 Å². The number of rotatable bonds is 41. The van der Waals surface area contributed by atoms with Crippen molar-refractivity contribution >= 4 is 0 Å². The summed E-state index contributed by atoms with van der Waals surface area (Å²) in [6.07, 6.45) is 46.6. The number of hydrogen-bond donors (Lipinski definition) is 0. The summed E-state index contributed by atoms with van der Waals surface area (Å²) < 4.78 is 0. The van der Waals surface area contributed by atoms with Gasteiger partial charge >= 0.3 is 0 Å². The lowest BCUT2D eigenvalue weighted by atomic mass is 10.0. The van der Waals surface area contributed by atoms with E-state index in [4.69, 9.17) is 0 Å². The summed E-state index contributed by atoms with van der Waals surface area (Å²) in [6, 6.07) is 0. The van der Waals surface area contributed by atoms with Crippen LogP contribution in [0.25, 0.3) is 0 Å². The maximum atomic E-state index is 2.81. The van der Waals surface area contributed by atoms with Crippen LogP contribution in [0.1, 0.15) is 226 Å². The smallest absolute Gasteiger partial charge is 0.0109 e. The van der Waals surface area contributed by atoms with Crippen LogP contribution in [0.2, 0.25) is 0 Å². The van der Waals surface area contributed by atoms with Gasteiger partial charge in [-0.2, -0.15) is 0 Å². The van der Waals surface area contributed by atoms with Crippen molar-refractivity contribution in [3.63, 3.8) is 0 Å². The average Bonchev–Trinajstić information content (AvgIpc) is 3.08. The standard InChI is InChI=1S/C44H93N3/c1-6-9-11-13-15-17-19-21-23-25-27-29-31-33-35-37-39-47(44-43-46(5)42-41-45(4)8-3)40-38-36-34-32-30-28-26-24-22-20-18-16-14-12-10-7-2/h6-44H2,1-5H3. The first-order chi connectivity index (χ1) is 23.1. The second-order valence-electron chi connectivity index (χ2n) is 15.6. The second-order valence-corrected chi connectivity index (χ2v) is 15.6. The fourth-order valence-electron chi connectivity index (χ4n) is 7.03. The van der Waals surface area contributed by atoms with Gasteiger partial charge in [-0.05, 0) is 46.6 Å². The van der Waals surface area contributed by atoms with Gasteiger partial charge < -0.3 is 14.7 Å². The molecule has 0 radical (unpaired) electrons. The van der Waals surface area contributed by atoms with E-state index in [0.717, 1.165) is 6.54 Å². The molecule has 3 nitrogen and oxygen atoms in total. The third-order valence-corrected chi connectivity index (χ3v) is 10.9. The lowest BCUT2D eigenvalue weighted by Crippen LogP contribution is -2.37. The highest BCUT2D eigenvalue weighted by molar-refractivity contribution is 4.64. The van der Waals surface area contributed by atoms with Crippen LogP contribution < -0.4 is 0 Å². The summed E-state index contributed by atoms with van der Waals surface area (Å²) in [4.78, 5) is 7.80. The van der Waals surface area contributed by atoms with Crippen LogP contribution in [-0.2, 0) is 0 Å².